The highest BCUT2D eigenvalue weighted by molar-refractivity contribution is 6.13. The van der Waals surface area contributed by atoms with Crippen LogP contribution in [0.1, 0.15) is 22.9 Å². The van der Waals surface area contributed by atoms with Gasteiger partial charge in [-0.05, 0) is 102 Å². The van der Waals surface area contributed by atoms with Crippen LogP contribution < -0.4 is 5.32 Å². The SMILES string of the molecule is c1ccc(C2=NC(c3cccc(-c4cccc(-c5cccc(-c6cccc(-c7cccc(-c8cccc9ccccc89)c7)c6)c5)c4)c3)NC(c3ccccc3)=N2)cc1. The second-order valence-corrected chi connectivity index (χ2v) is 14.7. The minimum Gasteiger partial charge on any atom is -0.344 e. The van der Waals surface area contributed by atoms with E-state index >= 15 is 0 Å². The van der Waals surface area contributed by atoms with Gasteiger partial charge in [0.15, 0.2) is 5.84 Å². The lowest BCUT2D eigenvalue weighted by molar-refractivity contribution is 0.674. The van der Waals surface area contributed by atoms with Crippen LogP contribution in [0.3, 0.4) is 0 Å². The van der Waals surface area contributed by atoms with E-state index in [1.165, 1.54) is 55.3 Å². The summed E-state index contributed by atoms with van der Waals surface area (Å²) in [6.45, 7) is 0. The molecule has 0 bridgehead atoms. The standard InChI is InChI=1S/C55H39N3/c1-3-16-39(17-4-1)53-56-54(40-18-5-2-6-19-40)58-55(57-53)50-30-13-28-48(37-50)46-26-11-24-44(35-46)42-22-9-21-41(33-42)43-23-10-25-45(34-43)47-27-12-29-49(36-47)52-32-14-20-38-15-7-8-31-51(38)52/h1-37,55H,(H,56,57,58). The molecule has 58 heavy (non-hydrogen) atoms. The molecule has 9 aromatic carbocycles. The molecular weight excluding hydrogens is 703 g/mol. The minimum atomic E-state index is -0.292. The summed E-state index contributed by atoms with van der Waals surface area (Å²) in [5.74, 6) is 1.53. The van der Waals surface area contributed by atoms with Gasteiger partial charge < -0.3 is 5.32 Å². The topological polar surface area (TPSA) is 36.8 Å². The second kappa shape index (κ2) is 15.5. The van der Waals surface area contributed by atoms with Crippen molar-refractivity contribution in [1.82, 2.24) is 5.32 Å². The normalized spacial score (nSPS) is 13.7. The molecule has 0 saturated carbocycles. The highest BCUT2D eigenvalue weighted by Gasteiger charge is 2.21. The van der Waals surface area contributed by atoms with Gasteiger partial charge in [0.2, 0.25) is 0 Å². The summed E-state index contributed by atoms with van der Waals surface area (Å²) in [4.78, 5) is 10.1. The second-order valence-electron chi connectivity index (χ2n) is 14.7. The predicted molar refractivity (Wildman–Crippen MR) is 243 cm³/mol. The van der Waals surface area contributed by atoms with Crippen LogP contribution in [-0.4, -0.2) is 11.7 Å². The third-order valence-electron chi connectivity index (χ3n) is 10.9. The molecular formula is C55H39N3. The summed E-state index contributed by atoms with van der Waals surface area (Å²) in [6.07, 6.45) is -0.292. The van der Waals surface area contributed by atoms with Gasteiger partial charge in [0.05, 0.1) is 0 Å². The lowest BCUT2D eigenvalue weighted by Crippen LogP contribution is -2.33. The van der Waals surface area contributed by atoms with Crippen molar-refractivity contribution in [3.05, 3.63) is 241 Å². The quantitative estimate of drug-likeness (QED) is 0.165. The van der Waals surface area contributed by atoms with Crippen molar-refractivity contribution < 1.29 is 0 Å². The average Bonchev–Trinajstić information content (AvgIpc) is 3.32. The first kappa shape index (κ1) is 34.8. The van der Waals surface area contributed by atoms with Crippen molar-refractivity contribution in [2.24, 2.45) is 9.98 Å². The Morgan fingerprint density at radius 2 is 0.741 bits per heavy atom. The van der Waals surface area contributed by atoms with E-state index in [2.05, 4.69) is 193 Å². The fraction of sp³-hybridized carbons (Fsp3) is 0.0182. The van der Waals surface area contributed by atoms with Gasteiger partial charge in [0, 0.05) is 11.1 Å². The first-order chi connectivity index (χ1) is 28.7. The molecule has 9 aromatic rings. The molecule has 0 amide bonds. The van der Waals surface area contributed by atoms with Crippen molar-refractivity contribution in [2.45, 2.75) is 6.17 Å². The summed E-state index contributed by atoms with van der Waals surface area (Å²) < 4.78 is 0. The number of aliphatic imine (C=N–C) groups is 2. The van der Waals surface area contributed by atoms with E-state index in [0.717, 1.165) is 39.5 Å². The Kier molecular flexibility index (Phi) is 9.30. The summed E-state index contributed by atoms with van der Waals surface area (Å²) in [6, 6.07) is 79.8. The van der Waals surface area contributed by atoms with Crippen molar-refractivity contribution in [3.8, 4) is 55.6 Å². The Hall–Kier alpha value is -7.62. The van der Waals surface area contributed by atoms with Crippen LogP contribution >= 0.6 is 0 Å². The van der Waals surface area contributed by atoms with Crippen LogP contribution in [0.15, 0.2) is 234 Å². The number of benzene rings is 9. The molecule has 0 fully saturated rings. The Bertz CT molecular complexity index is 2980. The molecule has 0 saturated heterocycles. The number of hydrogen-bond acceptors (Lipinski definition) is 3. The van der Waals surface area contributed by atoms with E-state index < -0.39 is 0 Å². The van der Waals surface area contributed by atoms with Gasteiger partial charge in [-0.15, -0.1) is 0 Å². The fourth-order valence-corrected chi connectivity index (χ4v) is 7.95. The van der Waals surface area contributed by atoms with E-state index in [0.29, 0.717) is 0 Å². The van der Waals surface area contributed by atoms with Gasteiger partial charge >= 0.3 is 0 Å². The lowest BCUT2D eigenvalue weighted by atomic mass is 9.93. The lowest BCUT2D eigenvalue weighted by Gasteiger charge is -2.24. The van der Waals surface area contributed by atoms with E-state index in [-0.39, 0.29) is 6.17 Å². The average molecular weight is 742 g/mol. The molecule has 0 radical (unpaired) electrons. The third-order valence-corrected chi connectivity index (χ3v) is 10.9. The van der Waals surface area contributed by atoms with Crippen LogP contribution in [0.25, 0.3) is 66.4 Å². The monoisotopic (exact) mass is 741 g/mol. The number of nitrogens with zero attached hydrogens (tertiary/aromatic N) is 2. The van der Waals surface area contributed by atoms with Crippen LogP contribution in [0.5, 0.6) is 0 Å². The van der Waals surface area contributed by atoms with E-state index in [1.807, 2.05) is 36.4 Å². The van der Waals surface area contributed by atoms with Crippen molar-refractivity contribution in [2.75, 3.05) is 0 Å². The van der Waals surface area contributed by atoms with Crippen molar-refractivity contribution in [3.63, 3.8) is 0 Å². The number of rotatable bonds is 8. The smallest absolute Gasteiger partial charge is 0.159 e. The highest BCUT2D eigenvalue weighted by atomic mass is 15.2. The molecule has 1 aliphatic heterocycles. The largest absolute Gasteiger partial charge is 0.344 e. The molecule has 0 spiro atoms. The minimum absolute atomic E-state index is 0.292. The molecule has 1 atom stereocenters. The molecule has 1 N–H and O–H groups in total. The van der Waals surface area contributed by atoms with Crippen LogP contribution in [0, 0.1) is 0 Å². The Balaban J connectivity index is 0.936. The molecule has 0 aliphatic carbocycles. The van der Waals surface area contributed by atoms with Crippen molar-refractivity contribution >= 4 is 22.4 Å². The fourth-order valence-electron chi connectivity index (χ4n) is 7.95. The molecule has 1 aliphatic rings. The molecule has 10 rings (SSSR count). The van der Waals surface area contributed by atoms with Gasteiger partial charge in [0.1, 0.15) is 12.0 Å². The molecule has 0 aromatic heterocycles. The number of fused-ring (bicyclic) bond motifs is 1. The molecule has 1 heterocycles. The zero-order valence-electron chi connectivity index (χ0n) is 31.8. The van der Waals surface area contributed by atoms with Gasteiger partial charge in [-0.2, -0.15) is 0 Å². The maximum atomic E-state index is 5.11. The summed E-state index contributed by atoms with van der Waals surface area (Å²) in [7, 11) is 0. The predicted octanol–water partition coefficient (Wildman–Crippen LogP) is 13.7. The maximum Gasteiger partial charge on any atom is 0.159 e. The first-order valence-corrected chi connectivity index (χ1v) is 19.8. The van der Waals surface area contributed by atoms with Crippen LogP contribution in [-0.2, 0) is 0 Å². The Morgan fingerprint density at radius 1 is 0.328 bits per heavy atom. The molecule has 3 heteroatoms. The van der Waals surface area contributed by atoms with Crippen molar-refractivity contribution in [1.29, 1.82) is 0 Å². The molecule has 274 valence electrons. The molecule has 1 unspecified atom stereocenters. The van der Waals surface area contributed by atoms with Gasteiger partial charge in [-0.3, -0.25) is 0 Å². The van der Waals surface area contributed by atoms with E-state index in [9.17, 15) is 0 Å². The van der Waals surface area contributed by atoms with E-state index in [1.54, 1.807) is 0 Å². The first-order valence-electron chi connectivity index (χ1n) is 19.8. The van der Waals surface area contributed by atoms with Gasteiger partial charge in [-0.25, -0.2) is 9.98 Å². The van der Waals surface area contributed by atoms with Gasteiger partial charge in [0.25, 0.3) is 0 Å². The third kappa shape index (κ3) is 7.13. The van der Waals surface area contributed by atoms with Crippen LogP contribution in [0.2, 0.25) is 0 Å². The number of nitrogens with one attached hydrogen (secondary N) is 1. The molecule has 3 nitrogen and oxygen atoms in total. The Morgan fingerprint density at radius 3 is 1.33 bits per heavy atom. The Labute approximate surface area is 339 Å². The highest BCUT2D eigenvalue weighted by Crippen LogP contribution is 2.35. The summed E-state index contributed by atoms with van der Waals surface area (Å²) in [5.41, 5.74) is 15.0. The summed E-state index contributed by atoms with van der Waals surface area (Å²) in [5, 5.41) is 6.14. The van der Waals surface area contributed by atoms with Gasteiger partial charge in [-0.1, -0.05) is 194 Å². The zero-order valence-corrected chi connectivity index (χ0v) is 31.8. The number of hydrogen-bond donors (Lipinski definition) is 1. The zero-order chi connectivity index (χ0) is 38.7. The number of amidine groups is 2. The summed E-state index contributed by atoms with van der Waals surface area (Å²) >= 11 is 0. The maximum absolute atomic E-state index is 5.11. The van der Waals surface area contributed by atoms with Crippen LogP contribution in [0.4, 0.5) is 0 Å². The van der Waals surface area contributed by atoms with E-state index in [4.69, 9.17) is 9.98 Å².